The van der Waals surface area contributed by atoms with Crippen LogP contribution in [0.2, 0.25) is 10.0 Å². The molecule has 0 fully saturated rings. The van der Waals surface area contributed by atoms with Crippen LogP contribution in [-0.2, 0) is 6.42 Å². The highest BCUT2D eigenvalue weighted by atomic mass is 35.5. The van der Waals surface area contributed by atoms with Gasteiger partial charge in [-0.1, -0.05) is 23.2 Å². The van der Waals surface area contributed by atoms with Crippen LogP contribution in [0.4, 0.5) is 0 Å². The average molecular weight is 257 g/mol. The van der Waals surface area contributed by atoms with E-state index in [1.165, 1.54) is 0 Å². The zero-order valence-corrected chi connectivity index (χ0v) is 9.92. The number of hydrogen-bond acceptors (Lipinski definition) is 3. The summed E-state index contributed by atoms with van der Waals surface area (Å²) in [7, 11) is 0. The summed E-state index contributed by atoms with van der Waals surface area (Å²) in [5.41, 5.74) is 6.23. The lowest BCUT2D eigenvalue weighted by Crippen LogP contribution is -2.02. The van der Waals surface area contributed by atoms with Crippen molar-refractivity contribution in [3.8, 4) is 11.3 Å². The number of benzene rings is 1. The quantitative estimate of drug-likeness (QED) is 0.918. The maximum atomic E-state index is 5.90. The first-order valence-corrected chi connectivity index (χ1v) is 5.56. The van der Waals surface area contributed by atoms with Crippen LogP contribution >= 0.6 is 23.2 Å². The highest BCUT2D eigenvalue weighted by molar-refractivity contribution is 6.35. The van der Waals surface area contributed by atoms with Crippen LogP contribution in [0.15, 0.2) is 28.8 Å². The second kappa shape index (κ2) is 4.87. The van der Waals surface area contributed by atoms with Gasteiger partial charge in [0, 0.05) is 28.6 Å². The van der Waals surface area contributed by atoms with Gasteiger partial charge in [0.1, 0.15) is 0 Å². The minimum atomic E-state index is 0.510. The third-order valence-corrected chi connectivity index (χ3v) is 2.50. The molecule has 0 atom stereocenters. The van der Waals surface area contributed by atoms with Crippen LogP contribution in [0.1, 0.15) is 5.89 Å². The minimum Gasteiger partial charge on any atom is -0.441 e. The van der Waals surface area contributed by atoms with Gasteiger partial charge in [-0.2, -0.15) is 0 Å². The summed E-state index contributed by atoms with van der Waals surface area (Å²) in [6.07, 6.45) is 2.27. The lowest BCUT2D eigenvalue weighted by atomic mass is 10.2. The normalized spacial score (nSPS) is 10.7. The highest BCUT2D eigenvalue weighted by Crippen LogP contribution is 2.27. The van der Waals surface area contributed by atoms with E-state index < -0.39 is 0 Å². The van der Waals surface area contributed by atoms with Crippen LogP contribution in [0, 0.1) is 0 Å². The van der Waals surface area contributed by atoms with Gasteiger partial charge in [0.25, 0.3) is 0 Å². The van der Waals surface area contributed by atoms with Gasteiger partial charge >= 0.3 is 0 Å². The van der Waals surface area contributed by atoms with Crippen LogP contribution in [-0.4, -0.2) is 11.5 Å². The Morgan fingerprint density at radius 1 is 1.19 bits per heavy atom. The van der Waals surface area contributed by atoms with Crippen molar-refractivity contribution in [3.05, 3.63) is 40.3 Å². The van der Waals surface area contributed by atoms with E-state index in [1.807, 2.05) is 0 Å². The molecule has 0 saturated heterocycles. The SMILES string of the molecule is NCCc1ncc(-c2cc(Cl)cc(Cl)c2)o1. The summed E-state index contributed by atoms with van der Waals surface area (Å²) < 4.78 is 5.51. The fraction of sp³-hybridized carbons (Fsp3) is 0.182. The molecule has 0 aliphatic rings. The number of rotatable bonds is 3. The minimum absolute atomic E-state index is 0.510. The van der Waals surface area contributed by atoms with Gasteiger partial charge in [0.2, 0.25) is 0 Å². The summed E-state index contributed by atoms with van der Waals surface area (Å²) in [5.74, 6) is 1.27. The van der Waals surface area contributed by atoms with Crippen LogP contribution in [0.3, 0.4) is 0 Å². The Kier molecular flexibility index (Phi) is 3.49. The Balaban J connectivity index is 2.34. The third-order valence-electron chi connectivity index (χ3n) is 2.06. The standard InChI is InChI=1S/C11H10Cl2N2O/c12-8-3-7(4-9(13)5-8)10-6-15-11(16-10)1-2-14/h3-6H,1-2,14H2. The fourth-order valence-electron chi connectivity index (χ4n) is 1.38. The van der Waals surface area contributed by atoms with Crippen molar-refractivity contribution in [2.75, 3.05) is 6.54 Å². The largest absolute Gasteiger partial charge is 0.441 e. The van der Waals surface area contributed by atoms with E-state index in [2.05, 4.69) is 4.98 Å². The van der Waals surface area contributed by atoms with Crippen molar-refractivity contribution < 1.29 is 4.42 Å². The molecule has 0 amide bonds. The van der Waals surface area contributed by atoms with Crippen LogP contribution < -0.4 is 5.73 Å². The first kappa shape index (κ1) is 11.5. The summed E-state index contributed by atoms with van der Waals surface area (Å²) in [5, 5.41) is 1.14. The molecule has 0 radical (unpaired) electrons. The molecule has 0 aliphatic carbocycles. The van der Waals surface area contributed by atoms with Crippen molar-refractivity contribution in [1.29, 1.82) is 0 Å². The smallest absolute Gasteiger partial charge is 0.196 e. The molecule has 0 spiro atoms. The van der Waals surface area contributed by atoms with Crippen molar-refractivity contribution in [2.24, 2.45) is 5.73 Å². The molecule has 5 heteroatoms. The average Bonchev–Trinajstić information content (AvgIpc) is 2.65. The molecule has 2 aromatic rings. The van der Waals surface area contributed by atoms with E-state index in [0.29, 0.717) is 34.7 Å². The van der Waals surface area contributed by atoms with Crippen molar-refractivity contribution in [1.82, 2.24) is 4.98 Å². The van der Waals surface area contributed by atoms with E-state index >= 15 is 0 Å². The summed E-state index contributed by atoms with van der Waals surface area (Å²) in [6.45, 7) is 0.510. The molecule has 0 bridgehead atoms. The number of hydrogen-bond donors (Lipinski definition) is 1. The first-order valence-electron chi connectivity index (χ1n) is 4.80. The number of oxazole rings is 1. The first-order chi connectivity index (χ1) is 7.69. The summed E-state index contributed by atoms with van der Waals surface area (Å²) in [6, 6.07) is 5.23. The number of aromatic nitrogens is 1. The molecule has 1 heterocycles. The lowest BCUT2D eigenvalue weighted by Gasteiger charge is -1.98. The topological polar surface area (TPSA) is 52.0 Å². The second-order valence-electron chi connectivity index (χ2n) is 3.32. The molecular formula is C11H10Cl2N2O. The molecule has 0 saturated carbocycles. The number of nitrogens with two attached hydrogens (primary N) is 1. The van der Waals surface area contributed by atoms with E-state index in [9.17, 15) is 0 Å². The molecular weight excluding hydrogens is 247 g/mol. The fourth-order valence-corrected chi connectivity index (χ4v) is 1.90. The molecule has 2 N–H and O–H groups in total. The van der Waals surface area contributed by atoms with E-state index in [4.69, 9.17) is 33.4 Å². The second-order valence-corrected chi connectivity index (χ2v) is 4.19. The third kappa shape index (κ3) is 2.55. The Bertz CT molecular complexity index is 476. The van der Waals surface area contributed by atoms with Gasteiger partial charge in [-0.05, 0) is 18.2 Å². The zero-order chi connectivity index (χ0) is 11.5. The molecule has 2 rings (SSSR count). The molecule has 3 nitrogen and oxygen atoms in total. The molecule has 16 heavy (non-hydrogen) atoms. The molecule has 84 valence electrons. The Morgan fingerprint density at radius 2 is 1.88 bits per heavy atom. The van der Waals surface area contributed by atoms with Crippen molar-refractivity contribution in [2.45, 2.75) is 6.42 Å². The van der Waals surface area contributed by atoms with Gasteiger partial charge < -0.3 is 10.2 Å². The predicted octanol–water partition coefficient (Wildman–Crippen LogP) is 3.15. The maximum Gasteiger partial charge on any atom is 0.196 e. The van der Waals surface area contributed by atoms with Gasteiger partial charge in [-0.15, -0.1) is 0 Å². The maximum absolute atomic E-state index is 5.90. The molecule has 0 aliphatic heterocycles. The predicted molar refractivity (Wildman–Crippen MR) is 64.7 cm³/mol. The van der Waals surface area contributed by atoms with E-state index in [0.717, 1.165) is 5.56 Å². The molecule has 0 unspecified atom stereocenters. The Labute approximate surface area is 103 Å². The van der Waals surface area contributed by atoms with E-state index in [-0.39, 0.29) is 0 Å². The lowest BCUT2D eigenvalue weighted by molar-refractivity contribution is 0.508. The van der Waals surface area contributed by atoms with Gasteiger partial charge in [0.05, 0.1) is 6.20 Å². The Morgan fingerprint density at radius 3 is 2.50 bits per heavy atom. The van der Waals surface area contributed by atoms with Crippen LogP contribution in [0.5, 0.6) is 0 Å². The van der Waals surface area contributed by atoms with Crippen LogP contribution in [0.25, 0.3) is 11.3 Å². The van der Waals surface area contributed by atoms with E-state index in [1.54, 1.807) is 24.4 Å². The highest BCUT2D eigenvalue weighted by Gasteiger charge is 2.07. The Hall–Kier alpha value is -1.03. The summed E-state index contributed by atoms with van der Waals surface area (Å²) >= 11 is 11.8. The monoisotopic (exact) mass is 256 g/mol. The summed E-state index contributed by atoms with van der Waals surface area (Å²) in [4.78, 5) is 4.11. The zero-order valence-electron chi connectivity index (χ0n) is 8.41. The van der Waals surface area contributed by atoms with Gasteiger partial charge in [0.15, 0.2) is 11.7 Å². The van der Waals surface area contributed by atoms with Gasteiger partial charge in [-0.25, -0.2) is 4.98 Å². The van der Waals surface area contributed by atoms with Crippen molar-refractivity contribution in [3.63, 3.8) is 0 Å². The molecule has 1 aromatic carbocycles. The van der Waals surface area contributed by atoms with Crippen molar-refractivity contribution >= 4 is 23.2 Å². The van der Waals surface area contributed by atoms with Gasteiger partial charge in [-0.3, -0.25) is 0 Å². The molecule has 1 aromatic heterocycles. The number of halogens is 2. The number of nitrogens with zero attached hydrogens (tertiary/aromatic N) is 1.